The number of nitrogens with zero attached hydrogens (tertiary/aromatic N) is 1. The number of carbonyl (C=O) groups is 2. The Balaban J connectivity index is 1.47. The second kappa shape index (κ2) is 6.78. The number of thioether (sulfide) groups is 1. The molecule has 25 heavy (non-hydrogen) atoms. The first-order valence-electron chi connectivity index (χ1n) is 8.83. The van der Waals surface area contributed by atoms with Crippen LogP contribution in [-0.2, 0) is 0 Å². The number of amides is 3. The van der Waals surface area contributed by atoms with Crippen LogP contribution in [0.15, 0.2) is 18.2 Å². The lowest BCUT2D eigenvalue weighted by Gasteiger charge is -2.27. The Bertz CT molecular complexity index is 690. The molecule has 0 bridgehead atoms. The van der Waals surface area contributed by atoms with Crippen LogP contribution in [0.25, 0.3) is 0 Å². The summed E-state index contributed by atoms with van der Waals surface area (Å²) < 4.78 is 10.8. The molecule has 2 atom stereocenters. The fourth-order valence-corrected chi connectivity index (χ4v) is 4.94. The molecule has 3 amide bonds. The third-order valence-electron chi connectivity index (χ3n) is 5.15. The van der Waals surface area contributed by atoms with Gasteiger partial charge in [-0.05, 0) is 37.5 Å². The molecule has 1 aromatic carbocycles. The highest BCUT2D eigenvalue weighted by Crippen LogP contribution is 2.45. The van der Waals surface area contributed by atoms with Gasteiger partial charge in [0, 0.05) is 6.04 Å². The van der Waals surface area contributed by atoms with E-state index in [-0.39, 0.29) is 35.4 Å². The van der Waals surface area contributed by atoms with Gasteiger partial charge in [0.2, 0.25) is 6.79 Å². The number of imide groups is 1. The van der Waals surface area contributed by atoms with Crippen LogP contribution in [0.5, 0.6) is 11.5 Å². The van der Waals surface area contributed by atoms with E-state index in [4.69, 9.17) is 9.47 Å². The third kappa shape index (κ3) is 3.17. The standard InChI is InChI=1S/C18H22N2O4S/c1-11-16(12-7-8-14-15(9-12)24-10-23-14)25-18(22)20(11)17(21)19-13-5-3-2-4-6-13/h7-9,11,13,16H,2-6,10H2,1H3,(H,19,21)/t11-,16+/m1/s1. The molecule has 1 saturated heterocycles. The predicted molar refractivity (Wildman–Crippen MR) is 95.0 cm³/mol. The molecule has 1 aliphatic carbocycles. The lowest BCUT2D eigenvalue weighted by Crippen LogP contribution is -2.48. The summed E-state index contributed by atoms with van der Waals surface area (Å²) in [6.07, 6.45) is 5.52. The molecule has 2 heterocycles. The smallest absolute Gasteiger partial charge is 0.325 e. The molecule has 0 unspecified atom stereocenters. The van der Waals surface area contributed by atoms with Gasteiger partial charge < -0.3 is 14.8 Å². The van der Waals surface area contributed by atoms with Crippen LogP contribution in [0.2, 0.25) is 0 Å². The largest absolute Gasteiger partial charge is 0.454 e. The molecule has 2 aliphatic heterocycles. The van der Waals surface area contributed by atoms with E-state index in [0.29, 0.717) is 5.75 Å². The summed E-state index contributed by atoms with van der Waals surface area (Å²) in [6, 6.07) is 5.43. The maximum atomic E-state index is 12.6. The number of urea groups is 1. The SMILES string of the molecule is C[C@@H]1[C@@H](c2ccc3c(c2)OCO3)SC(=O)N1C(=O)NC1CCCCC1. The van der Waals surface area contributed by atoms with E-state index in [0.717, 1.165) is 37.0 Å². The molecule has 0 spiro atoms. The number of carbonyl (C=O) groups excluding carboxylic acids is 2. The van der Waals surface area contributed by atoms with Crippen molar-refractivity contribution in [2.75, 3.05) is 6.79 Å². The van der Waals surface area contributed by atoms with E-state index >= 15 is 0 Å². The molecule has 1 N–H and O–H groups in total. The summed E-state index contributed by atoms with van der Waals surface area (Å²) in [5, 5.41) is 2.75. The Labute approximate surface area is 151 Å². The van der Waals surface area contributed by atoms with Crippen LogP contribution in [0.1, 0.15) is 49.8 Å². The second-order valence-corrected chi connectivity index (χ2v) is 7.90. The molecule has 6 nitrogen and oxygen atoms in total. The van der Waals surface area contributed by atoms with E-state index in [9.17, 15) is 9.59 Å². The molecule has 7 heteroatoms. The number of hydrogen-bond donors (Lipinski definition) is 1. The van der Waals surface area contributed by atoms with Gasteiger partial charge in [-0.15, -0.1) is 0 Å². The lowest BCUT2D eigenvalue weighted by atomic mass is 9.96. The van der Waals surface area contributed by atoms with Crippen LogP contribution in [0.4, 0.5) is 9.59 Å². The number of fused-ring (bicyclic) bond motifs is 1. The van der Waals surface area contributed by atoms with E-state index in [1.807, 2.05) is 25.1 Å². The first kappa shape index (κ1) is 16.6. The van der Waals surface area contributed by atoms with Gasteiger partial charge in [-0.1, -0.05) is 37.1 Å². The van der Waals surface area contributed by atoms with Gasteiger partial charge in [0.1, 0.15) is 0 Å². The van der Waals surface area contributed by atoms with Crippen molar-refractivity contribution in [3.63, 3.8) is 0 Å². The van der Waals surface area contributed by atoms with Crippen LogP contribution < -0.4 is 14.8 Å². The summed E-state index contributed by atoms with van der Waals surface area (Å²) >= 11 is 1.20. The average molecular weight is 362 g/mol. The first-order valence-corrected chi connectivity index (χ1v) is 9.71. The fraction of sp³-hybridized carbons (Fsp3) is 0.556. The average Bonchev–Trinajstić information content (AvgIpc) is 3.19. The number of benzene rings is 1. The summed E-state index contributed by atoms with van der Waals surface area (Å²) in [6.45, 7) is 2.15. The minimum absolute atomic E-state index is 0.0981. The van der Waals surface area contributed by atoms with E-state index in [1.54, 1.807) is 0 Å². The van der Waals surface area contributed by atoms with E-state index in [2.05, 4.69) is 5.32 Å². The Morgan fingerprint density at radius 2 is 1.96 bits per heavy atom. The number of ether oxygens (including phenoxy) is 2. The van der Waals surface area contributed by atoms with Crippen LogP contribution in [0.3, 0.4) is 0 Å². The zero-order valence-corrected chi connectivity index (χ0v) is 15.0. The summed E-state index contributed by atoms with van der Waals surface area (Å²) in [5.74, 6) is 1.42. The van der Waals surface area contributed by atoms with Gasteiger partial charge in [0.25, 0.3) is 5.24 Å². The van der Waals surface area contributed by atoms with E-state index < -0.39 is 0 Å². The van der Waals surface area contributed by atoms with Crippen molar-refractivity contribution in [1.29, 1.82) is 0 Å². The molecule has 1 saturated carbocycles. The molecular formula is C18H22N2O4S. The van der Waals surface area contributed by atoms with Crippen molar-refractivity contribution in [1.82, 2.24) is 10.2 Å². The van der Waals surface area contributed by atoms with Crippen LogP contribution in [0, 0.1) is 0 Å². The Hall–Kier alpha value is -1.89. The topological polar surface area (TPSA) is 67.9 Å². The van der Waals surface area contributed by atoms with E-state index in [1.165, 1.54) is 23.1 Å². The predicted octanol–water partition coefficient (Wildman–Crippen LogP) is 4.06. The fourth-order valence-electron chi connectivity index (χ4n) is 3.76. The van der Waals surface area contributed by atoms with Gasteiger partial charge in [-0.3, -0.25) is 9.69 Å². The minimum atomic E-state index is -0.264. The summed E-state index contributed by atoms with van der Waals surface area (Å²) in [4.78, 5) is 26.5. The molecular weight excluding hydrogens is 340 g/mol. The molecule has 4 rings (SSSR count). The number of hydrogen-bond acceptors (Lipinski definition) is 5. The van der Waals surface area contributed by atoms with Crippen LogP contribution in [-0.4, -0.2) is 35.0 Å². The van der Waals surface area contributed by atoms with Crippen LogP contribution >= 0.6 is 11.8 Å². The van der Waals surface area contributed by atoms with Crippen molar-refractivity contribution in [3.05, 3.63) is 23.8 Å². The number of nitrogens with one attached hydrogen (secondary N) is 1. The third-order valence-corrected chi connectivity index (χ3v) is 6.46. The maximum absolute atomic E-state index is 12.6. The van der Waals surface area contributed by atoms with Crippen molar-refractivity contribution in [2.24, 2.45) is 0 Å². The zero-order chi connectivity index (χ0) is 17.4. The number of rotatable bonds is 2. The Kier molecular flexibility index (Phi) is 4.50. The highest BCUT2D eigenvalue weighted by atomic mass is 32.2. The van der Waals surface area contributed by atoms with Gasteiger partial charge in [0.05, 0.1) is 11.3 Å². The molecule has 0 aromatic heterocycles. The molecule has 134 valence electrons. The molecule has 2 fully saturated rings. The molecule has 1 aromatic rings. The lowest BCUT2D eigenvalue weighted by molar-refractivity contribution is 0.174. The first-order chi connectivity index (χ1) is 12.1. The quantitative estimate of drug-likeness (QED) is 0.859. The minimum Gasteiger partial charge on any atom is -0.454 e. The highest BCUT2D eigenvalue weighted by Gasteiger charge is 2.43. The molecule has 0 radical (unpaired) electrons. The summed E-state index contributed by atoms with van der Waals surface area (Å²) in [5.41, 5.74) is 0.975. The zero-order valence-electron chi connectivity index (χ0n) is 14.2. The van der Waals surface area contributed by atoms with Gasteiger partial charge in [-0.2, -0.15) is 0 Å². The summed E-state index contributed by atoms with van der Waals surface area (Å²) in [7, 11) is 0. The maximum Gasteiger partial charge on any atom is 0.325 e. The Morgan fingerprint density at radius 1 is 1.20 bits per heavy atom. The second-order valence-electron chi connectivity index (χ2n) is 6.81. The van der Waals surface area contributed by atoms with Crippen molar-refractivity contribution >= 4 is 23.0 Å². The van der Waals surface area contributed by atoms with Gasteiger partial charge >= 0.3 is 6.03 Å². The van der Waals surface area contributed by atoms with Crippen molar-refractivity contribution in [3.8, 4) is 11.5 Å². The monoisotopic (exact) mass is 362 g/mol. The van der Waals surface area contributed by atoms with Crippen molar-refractivity contribution in [2.45, 2.75) is 56.4 Å². The van der Waals surface area contributed by atoms with Crippen molar-refractivity contribution < 1.29 is 19.1 Å². The Morgan fingerprint density at radius 3 is 2.76 bits per heavy atom. The normalized spacial score (nSPS) is 26.1. The molecule has 3 aliphatic rings. The van der Waals surface area contributed by atoms with Gasteiger partial charge in [0.15, 0.2) is 11.5 Å². The van der Waals surface area contributed by atoms with Gasteiger partial charge in [-0.25, -0.2) is 4.79 Å². The highest BCUT2D eigenvalue weighted by molar-refractivity contribution is 8.14.